The number of ether oxygens (including phenoxy) is 1. The molecule has 0 saturated heterocycles. The van der Waals surface area contributed by atoms with E-state index in [1.54, 1.807) is 25.3 Å². The van der Waals surface area contributed by atoms with Gasteiger partial charge in [0, 0.05) is 12.1 Å². The molecule has 1 amide bonds. The number of nitrogens with one attached hydrogen (secondary N) is 1. The highest BCUT2D eigenvalue weighted by atomic mass is 32.2. The number of rotatable bonds is 10. The number of nitro groups is 1. The van der Waals surface area contributed by atoms with Gasteiger partial charge in [-0.15, -0.1) is 0 Å². The van der Waals surface area contributed by atoms with Gasteiger partial charge in [0.25, 0.3) is 15.7 Å². The summed E-state index contributed by atoms with van der Waals surface area (Å²) in [6.45, 7) is 7.27. The Hall–Kier alpha value is -3.92. The van der Waals surface area contributed by atoms with Crippen LogP contribution in [0.3, 0.4) is 0 Å². The van der Waals surface area contributed by atoms with Gasteiger partial charge in [-0.25, -0.2) is 8.42 Å². The van der Waals surface area contributed by atoms with Crippen LogP contribution in [0.15, 0.2) is 71.6 Å². The smallest absolute Gasteiger partial charge is 0.271 e. The first-order valence-electron chi connectivity index (χ1n) is 11.8. The molecule has 3 aromatic carbocycles. The van der Waals surface area contributed by atoms with E-state index in [1.807, 2.05) is 39.8 Å². The third kappa shape index (κ3) is 6.26. The lowest BCUT2D eigenvalue weighted by Crippen LogP contribution is -2.41. The van der Waals surface area contributed by atoms with Crippen LogP contribution in [-0.4, -0.2) is 32.9 Å². The van der Waals surface area contributed by atoms with Crippen molar-refractivity contribution in [3.05, 3.63) is 93.5 Å². The minimum atomic E-state index is -4.19. The number of benzene rings is 3. The highest BCUT2D eigenvalue weighted by molar-refractivity contribution is 7.92. The van der Waals surface area contributed by atoms with E-state index in [0.717, 1.165) is 32.8 Å². The Morgan fingerprint density at radius 1 is 1.03 bits per heavy atom. The number of carbonyl (C=O) groups is 1. The molecular formula is C27H31N3O6S. The zero-order valence-corrected chi connectivity index (χ0v) is 22.3. The highest BCUT2D eigenvalue weighted by Crippen LogP contribution is 2.32. The summed E-state index contributed by atoms with van der Waals surface area (Å²) in [6.07, 6.45) is 0. The molecule has 37 heavy (non-hydrogen) atoms. The van der Waals surface area contributed by atoms with E-state index in [2.05, 4.69) is 5.32 Å². The van der Waals surface area contributed by atoms with Crippen molar-refractivity contribution in [2.75, 3.05) is 18.0 Å². The van der Waals surface area contributed by atoms with Crippen LogP contribution in [0.2, 0.25) is 0 Å². The number of nitro benzene ring substituents is 1. The van der Waals surface area contributed by atoms with Gasteiger partial charge >= 0.3 is 0 Å². The summed E-state index contributed by atoms with van der Waals surface area (Å²) in [7, 11) is -2.58. The molecule has 3 aromatic rings. The molecule has 0 aliphatic heterocycles. The Morgan fingerprint density at radius 2 is 1.70 bits per heavy atom. The van der Waals surface area contributed by atoms with E-state index in [-0.39, 0.29) is 22.2 Å². The summed E-state index contributed by atoms with van der Waals surface area (Å²) in [5.74, 6) is 0.401. The molecule has 0 radical (unpaired) electrons. The normalized spacial score (nSPS) is 12.2. The average Bonchev–Trinajstić information content (AvgIpc) is 2.87. The third-order valence-corrected chi connectivity index (χ3v) is 7.82. The number of carbonyl (C=O) groups excluding carboxylic acids is 1. The second kappa shape index (κ2) is 11.4. The number of nitrogens with zero attached hydrogens (tertiary/aromatic N) is 2. The number of aryl methyl sites for hydroxylation is 1. The Balaban J connectivity index is 1.95. The van der Waals surface area contributed by atoms with Gasteiger partial charge in [0.15, 0.2) is 0 Å². The number of sulfonamides is 1. The Kier molecular flexibility index (Phi) is 8.54. The van der Waals surface area contributed by atoms with Gasteiger partial charge in [0.2, 0.25) is 5.91 Å². The number of non-ortho nitro benzene ring substituents is 1. The van der Waals surface area contributed by atoms with E-state index in [0.29, 0.717) is 0 Å². The van der Waals surface area contributed by atoms with Crippen LogP contribution >= 0.6 is 0 Å². The quantitative estimate of drug-likeness (QED) is 0.290. The van der Waals surface area contributed by atoms with Crippen LogP contribution in [0.25, 0.3) is 0 Å². The van der Waals surface area contributed by atoms with Gasteiger partial charge in [0.1, 0.15) is 12.3 Å². The maximum atomic E-state index is 13.5. The van der Waals surface area contributed by atoms with Gasteiger partial charge in [-0.2, -0.15) is 0 Å². The second-order valence-electron chi connectivity index (χ2n) is 9.00. The lowest BCUT2D eigenvalue weighted by molar-refractivity contribution is -0.384. The summed E-state index contributed by atoms with van der Waals surface area (Å²) in [5, 5.41) is 14.2. The summed E-state index contributed by atoms with van der Waals surface area (Å²) in [6, 6.07) is 16.3. The van der Waals surface area contributed by atoms with Gasteiger partial charge in [0.05, 0.1) is 28.7 Å². The van der Waals surface area contributed by atoms with Crippen molar-refractivity contribution in [2.24, 2.45) is 0 Å². The lowest BCUT2D eigenvalue weighted by Gasteiger charge is -2.26. The predicted octanol–water partition coefficient (Wildman–Crippen LogP) is 5.11. The molecule has 0 saturated carbocycles. The first-order chi connectivity index (χ1) is 17.4. The second-order valence-corrected chi connectivity index (χ2v) is 10.9. The molecule has 0 heterocycles. The number of hydrogen-bond acceptors (Lipinski definition) is 6. The summed E-state index contributed by atoms with van der Waals surface area (Å²) in [5.41, 5.74) is 2.53. The standard InChI is InChI=1S/C27H31N3O6S/c1-18(2)24-16-25(19(3)14-26(24)36-5)20(4)28-27(31)17-29(21-10-9-11-22(15-21)30(32)33)37(34,35)23-12-7-6-8-13-23/h6-16,18,20H,17H2,1-5H3,(H,28,31). The first kappa shape index (κ1) is 27.7. The minimum Gasteiger partial charge on any atom is -0.496 e. The molecule has 0 fully saturated rings. The van der Waals surface area contributed by atoms with Crippen molar-refractivity contribution in [1.82, 2.24) is 5.32 Å². The fourth-order valence-electron chi connectivity index (χ4n) is 4.10. The molecule has 1 atom stereocenters. The van der Waals surface area contributed by atoms with E-state index < -0.39 is 33.4 Å². The zero-order valence-electron chi connectivity index (χ0n) is 21.5. The Bertz CT molecular complexity index is 1390. The van der Waals surface area contributed by atoms with Gasteiger partial charge in [-0.3, -0.25) is 19.2 Å². The summed E-state index contributed by atoms with van der Waals surface area (Å²) in [4.78, 5) is 23.9. The molecule has 9 nitrogen and oxygen atoms in total. The maximum absolute atomic E-state index is 13.5. The van der Waals surface area contributed by atoms with Crippen LogP contribution < -0.4 is 14.4 Å². The van der Waals surface area contributed by atoms with Gasteiger partial charge in [-0.05, 0) is 66.8 Å². The first-order valence-corrected chi connectivity index (χ1v) is 13.2. The van der Waals surface area contributed by atoms with Gasteiger partial charge in [-0.1, -0.05) is 38.1 Å². The third-order valence-electron chi connectivity index (χ3n) is 6.03. The number of anilines is 1. The fraction of sp³-hybridized carbons (Fsp3) is 0.296. The number of amides is 1. The zero-order chi connectivity index (χ0) is 27.3. The molecule has 196 valence electrons. The predicted molar refractivity (Wildman–Crippen MR) is 142 cm³/mol. The molecule has 0 aromatic heterocycles. The SMILES string of the molecule is COc1cc(C)c(C(C)NC(=O)CN(c2cccc([N+](=O)[O-])c2)S(=O)(=O)c2ccccc2)cc1C(C)C. The summed E-state index contributed by atoms with van der Waals surface area (Å²) < 4.78 is 33.4. The lowest BCUT2D eigenvalue weighted by atomic mass is 9.93. The van der Waals surface area contributed by atoms with E-state index >= 15 is 0 Å². The topological polar surface area (TPSA) is 119 Å². The number of hydrogen-bond donors (Lipinski definition) is 1. The van der Waals surface area contributed by atoms with Crippen molar-refractivity contribution in [2.45, 2.75) is 44.6 Å². The molecule has 0 spiro atoms. The Morgan fingerprint density at radius 3 is 2.30 bits per heavy atom. The van der Waals surface area contributed by atoms with E-state index in [9.17, 15) is 23.3 Å². The fourth-order valence-corrected chi connectivity index (χ4v) is 5.54. The summed E-state index contributed by atoms with van der Waals surface area (Å²) >= 11 is 0. The average molecular weight is 526 g/mol. The van der Waals surface area contributed by atoms with Crippen LogP contribution in [-0.2, 0) is 14.8 Å². The number of methoxy groups -OCH3 is 1. The van der Waals surface area contributed by atoms with Crippen molar-refractivity contribution >= 4 is 27.3 Å². The van der Waals surface area contributed by atoms with Gasteiger partial charge < -0.3 is 10.1 Å². The Labute approximate surface area is 217 Å². The maximum Gasteiger partial charge on any atom is 0.271 e. The molecule has 10 heteroatoms. The van der Waals surface area contributed by atoms with Crippen LogP contribution in [0.1, 0.15) is 49.4 Å². The molecular weight excluding hydrogens is 494 g/mol. The molecule has 3 rings (SSSR count). The minimum absolute atomic E-state index is 0.0172. The van der Waals surface area contributed by atoms with E-state index in [4.69, 9.17) is 4.74 Å². The highest BCUT2D eigenvalue weighted by Gasteiger charge is 2.29. The molecule has 0 aliphatic carbocycles. The monoisotopic (exact) mass is 525 g/mol. The van der Waals surface area contributed by atoms with Crippen molar-refractivity contribution in [1.29, 1.82) is 0 Å². The molecule has 0 bridgehead atoms. The molecule has 1 unspecified atom stereocenters. The van der Waals surface area contributed by atoms with E-state index in [1.165, 1.54) is 30.3 Å². The van der Waals surface area contributed by atoms with Crippen molar-refractivity contribution < 1.29 is 22.9 Å². The van der Waals surface area contributed by atoms with Crippen molar-refractivity contribution in [3.8, 4) is 5.75 Å². The van der Waals surface area contributed by atoms with Crippen molar-refractivity contribution in [3.63, 3.8) is 0 Å². The largest absolute Gasteiger partial charge is 0.496 e. The molecule has 0 aliphatic rings. The van der Waals surface area contributed by atoms with Crippen LogP contribution in [0, 0.1) is 17.0 Å². The molecule has 1 N–H and O–H groups in total. The van der Waals surface area contributed by atoms with Crippen LogP contribution in [0.4, 0.5) is 11.4 Å². The van der Waals surface area contributed by atoms with Crippen LogP contribution in [0.5, 0.6) is 5.75 Å².